The number of carbonyl (C=O) groups is 1. The molecule has 2 fully saturated rings. The molecule has 0 radical (unpaired) electrons. The fraction of sp³-hybridized carbons (Fsp3) is 0.938. The van der Waals surface area contributed by atoms with Gasteiger partial charge in [-0.1, -0.05) is 12.8 Å². The molecule has 2 aliphatic rings. The summed E-state index contributed by atoms with van der Waals surface area (Å²) in [5.41, 5.74) is -0.390. The number of hydrogen-bond acceptors (Lipinski definition) is 3. The van der Waals surface area contributed by atoms with Crippen molar-refractivity contribution in [2.24, 2.45) is 0 Å². The van der Waals surface area contributed by atoms with Gasteiger partial charge in [0.1, 0.15) is 5.60 Å². The summed E-state index contributed by atoms with van der Waals surface area (Å²) in [4.78, 5) is 16.6. The zero-order valence-electron chi connectivity index (χ0n) is 13.4. The Labute approximate surface area is 123 Å². The summed E-state index contributed by atoms with van der Waals surface area (Å²) >= 11 is 0. The van der Waals surface area contributed by atoms with Gasteiger partial charge >= 0.3 is 6.09 Å². The maximum absolute atomic E-state index is 12.0. The molecular weight excluding hydrogens is 252 g/mol. The summed E-state index contributed by atoms with van der Waals surface area (Å²) in [5.74, 6) is 0. The number of nitrogens with zero attached hydrogens (tertiary/aromatic N) is 2. The first-order valence-corrected chi connectivity index (χ1v) is 8.18. The number of carbonyl (C=O) groups excluding carboxylic acids is 1. The minimum Gasteiger partial charge on any atom is -0.444 e. The Balaban J connectivity index is 1.78. The second kappa shape index (κ2) is 6.79. The molecule has 0 aromatic carbocycles. The van der Waals surface area contributed by atoms with E-state index in [0.717, 1.165) is 25.9 Å². The van der Waals surface area contributed by atoms with Crippen molar-refractivity contribution in [1.29, 1.82) is 0 Å². The third-order valence-corrected chi connectivity index (χ3v) is 4.27. The lowest BCUT2D eigenvalue weighted by atomic mass is 10.0. The molecule has 4 nitrogen and oxygen atoms in total. The van der Waals surface area contributed by atoms with Crippen molar-refractivity contribution < 1.29 is 9.53 Å². The molecule has 2 aliphatic heterocycles. The van der Waals surface area contributed by atoms with Crippen molar-refractivity contribution in [3.8, 4) is 0 Å². The van der Waals surface area contributed by atoms with E-state index in [1.54, 1.807) is 0 Å². The Hall–Kier alpha value is -0.770. The summed E-state index contributed by atoms with van der Waals surface area (Å²) in [6, 6.07) is 0.673. The molecule has 0 aromatic rings. The van der Waals surface area contributed by atoms with E-state index < -0.39 is 5.60 Å². The third-order valence-electron chi connectivity index (χ3n) is 4.27. The molecular formula is C16H30N2O2. The number of piperidine rings is 1. The van der Waals surface area contributed by atoms with Gasteiger partial charge in [0.15, 0.2) is 0 Å². The maximum Gasteiger partial charge on any atom is 0.410 e. The quantitative estimate of drug-likeness (QED) is 0.740. The molecule has 0 aliphatic carbocycles. The lowest BCUT2D eigenvalue weighted by Crippen LogP contribution is -2.48. The summed E-state index contributed by atoms with van der Waals surface area (Å²) in [6.45, 7) is 9.96. The van der Waals surface area contributed by atoms with E-state index in [1.165, 1.54) is 38.8 Å². The zero-order chi connectivity index (χ0) is 14.6. The van der Waals surface area contributed by atoms with Crippen LogP contribution < -0.4 is 0 Å². The smallest absolute Gasteiger partial charge is 0.410 e. The Bertz CT molecular complexity index is 309. The Morgan fingerprint density at radius 3 is 2.00 bits per heavy atom. The summed E-state index contributed by atoms with van der Waals surface area (Å²) in [7, 11) is 0. The fourth-order valence-corrected chi connectivity index (χ4v) is 3.20. The predicted molar refractivity (Wildman–Crippen MR) is 80.9 cm³/mol. The van der Waals surface area contributed by atoms with Gasteiger partial charge in [-0.05, 0) is 59.5 Å². The Kier molecular flexibility index (Phi) is 5.30. The van der Waals surface area contributed by atoms with Gasteiger partial charge in [0.05, 0.1) is 0 Å². The van der Waals surface area contributed by atoms with Gasteiger partial charge in [0.2, 0.25) is 0 Å². The SMILES string of the molecule is CC(C)(C)OC(=O)N1CCC(N2CCCCCC2)CC1. The molecule has 0 aromatic heterocycles. The van der Waals surface area contributed by atoms with E-state index in [9.17, 15) is 4.79 Å². The minimum atomic E-state index is -0.390. The first kappa shape index (κ1) is 15.6. The standard InChI is InChI=1S/C16H30N2O2/c1-16(2,3)20-15(19)18-12-8-14(9-13-18)17-10-6-4-5-7-11-17/h14H,4-13H2,1-3H3. The molecule has 0 spiro atoms. The fourth-order valence-electron chi connectivity index (χ4n) is 3.20. The number of amides is 1. The highest BCUT2D eigenvalue weighted by molar-refractivity contribution is 5.68. The van der Waals surface area contributed by atoms with Crippen molar-refractivity contribution >= 4 is 6.09 Å². The van der Waals surface area contributed by atoms with Gasteiger partial charge in [0.25, 0.3) is 0 Å². The van der Waals surface area contributed by atoms with Crippen molar-refractivity contribution in [1.82, 2.24) is 9.80 Å². The maximum atomic E-state index is 12.0. The first-order valence-electron chi connectivity index (χ1n) is 8.18. The molecule has 0 N–H and O–H groups in total. The molecule has 0 unspecified atom stereocenters. The van der Waals surface area contributed by atoms with Crippen LogP contribution >= 0.6 is 0 Å². The van der Waals surface area contributed by atoms with Crippen LogP contribution in [0.25, 0.3) is 0 Å². The highest BCUT2D eigenvalue weighted by atomic mass is 16.6. The van der Waals surface area contributed by atoms with Crippen LogP contribution in [0.2, 0.25) is 0 Å². The van der Waals surface area contributed by atoms with Crippen LogP contribution in [0.3, 0.4) is 0 Å². The largest absolute Gasteiger partial charge is 0.444 e. The molecule has 20 heavy (non-hydrogen) atoms. The normalized spacial score (nSPS) is 23.4. The highest BCUT2D eigenvalue weighted by Gasteiger charge is 2.29. The Morgan fingerprint density at radius 2 is 1.50 bits per heavy atom. The minimum absolute atomic E-state index is 0.146. The average Bonchev–Trinajstić information content (AvgIpc) is 2.66. The molecule has 0 bridgehead atoms. The van der Waals surface area contributed by atoms with Crippen molar-refractivity contribution in [2.75, 3.05) is 26.2 Å². The van der Waals surface area contributed by atoms with Crippen molar-refractivity contribution in [3.63, 3.8) is 0 Å². The van der Waals surface area contributed by atoms with E-state index in [2.05, 4.69) is 4.90 Å². The zero-order valence-corrected chi connectivity index (χ0v) is 13.4. The lowest BCUT2D eigenvalue weighted by Gasteiger charge is -2.38. The van der Waals surface area contributed by atoms with Crippen LogP contribution in [0.5, 0.6) is 0 Å². The monoisotopic (exact) mass is 282 g/mol. The molecule has 2 rings (SSSR count). The van der Waals surface area contributed by atoms with Gasteiger partial charge in [-0.15, -0.1) is 0 Å². The van der Waals surface area contributed by atoms with Crippen LogP contribution in [0.1, 0.15) is 59.3 Å². The second-order valence-electron chi connectivity index (χ2n) is 7.15. The summed E-state index contributed by atoms with van der Waals surface area (Å²) in [6.07, 6.45) is 7.49. The number of ether oxygens (including phenoxy) is 1. The van der Waals surface area contributed by atoms with Gasteiger partial charge in [-0.25, -0.2) is 4.79 Å². The topological polar surface area (TPSA) is 32.8 Å². The lowest BCUT2D eigenvalue weighted by molar-refractivity contribution is 0.0145. The van der Waals surface area contributed by atoms with E-state index in [1.807, 2.05) is 25.7 Å². The molecule has 4 heteroatoms. The van der Waals surface area contributed by atoms with Crippen LogP contribution in [-0.4, -0.2) is 53.7 Å². The van der Waals surface area contributed by atoms with Crippen LogP contribution in [0.4, 0.5) is 4.79 Å². The average molecular weight is 282 g/mol. The van der Waals surface area contributed by atoms with E-state index in [0.29, 0.717) is 6.04 Å². The van der Waals surface area contributed by atoms with Gasteiger partial charge in [-0.3, -0.25) is 0 Å². The predicted octanol–water partition coefficient (Wildman–Crippen LogP) is 3.26. The molecule has 2 heterocycles. The van der Waals surface area contributed by atoms with Crippen molar-refractivity contribution in [3.05, 3.63) is 0 Å². The van der Waals surface area contributed by atoms with Crippen LogP contribution in [-0.2, 0) is 4.74 Å². The van der Waals surface area contributed by atoms with Crippen LogP contribution in [0, 0.1) is 0 Å². The molecule has 0 saturated carbocycles. The molecule has 1 amide bonds. The summed E-state index contributed by atoms with van der Waals surface area (Å²) in [5, 5.41) is 0. The van der Waals surface area contributed by atoms with Gasteiger partial charge < -0.3 is 14.5 Å². The molecule has 0 atom stereocenters. The number of likely N-dealkylation sites (tertiary alicyclic amines) is 2. The molecule has 2 saturated heterocycles. The third kappa shape index (κ3) is 4.65. The molecule has 116 valence electrons. The Morgan fingerprint density at radius 1 is 0.950 bits per heavy atom. The number of hydrogen-bond donors (Lipinski definition) is 0. The van der Waals surface area contributed by atoms with E-state index >= 15 is 0 Å². The van der Waals surface area contributed by atoms with Crippen molar-refractivity contribution in [2.45, 2.75) is 70.9 Å². The summed E-state index contributed by atoms with van der Waals surface area (Å²) < 4.78 is 5.45. The first-order chi connectivity index (χ1) is 9.46. The van der Waals surface area contributed by atoms with E-state index in [4.69, 9.17) is 4.74 Å². The second-order valence-corrected chi connectivity index (χ2v) is 7.15. The van der Waals surface area contributed by atoms with Gasteiger partial charge in [-0.2, -0.15) is 0 Å². The van der Waals surface area contributed by atoms with E-state index in [-0.39, 0.29) is 6.09 Å². The number of rotatable bonds is 1. The highest BCUT2D eigenvalue weighted by Crippen LogP contribution is 2.21. The van der Waals surface area contributed by atoms with Crippen LogP contribution in [0.15, 0.2) is 0 Å². The van der Waals surface area contributed by atoms with Gasteiger partial charge in [0, 0.05) is 19.1 Å².